The maximum Gasteiger partial charge on any atom is 0.209 e. The highest BCUT2D eigenvalue weighted by Gasteiger charge is 2.06. The predicted octanol–water partition coefficient (Wildman–Crippen LogP) is 2.28. The van der Waals surface area contributed by atoms with Crippen LogP contribution in [0.5, 0.6) is 0 Å². The van der Waals surface area contributed by atoms with Crippen molar-refractivity contribution in [3.8, 4) is 11.1 Å². The molecule has 0 amide bonds. The number of halogens is 1. The molecule has 0 aliphatic rings. The molecule has 0 radical (unpaired) electrons. The van der Waals surface area contributed by atoms with Gasteiger partial charge < -0.3 is 0 Å². The zero-order valence-electron chi connectivity index (χ0n) is 7.98. The lowest BCUT2D eigenvalue weighted by atomic mass is 10.2. The lowest BCUT2D eigenvalue weighted by molar-refractivity contribution is 0.621. The molecule has 2 aromatic rings. The van der Waals surface area contributed by atoms with Gasteiger partial charge in [-0.05, 0) is 6.07 Å². The summed E-state index contributed by atoms with van der Waals surface area (Å²) >= 11 is 0. The third-order valence-corrected chi connectivity index (χ3v) is 1.97. The molecule has 0 bridgehead atoms. The summed E-state index contributed by atoms with van der Waals surface area (Å²) in [6.45, 7) is 0. The van der Waals surface area contributed by atoms with Crippen LogP contribution in [0.4, 0.5) is 10.2 Å². The first-order chi connectivity index (χ1) is 7.20. The average molecular weight is 205 g/mol. The first-order valence-electron chi connectivity index (χ1n) is 4.22. The van der Waals surface area contributed by atoms with Gasteiger partial charge in [0.15, 0.2) is 5.82 Å². The van der Waals surface area contributed by atoms with Gasteiger partial charge >= 0.3 is 0 Å². The van der Waals surface area contributed by atoms with E-state index in [-0.39, 0.29) is 5.82 Å². The maximum atomic E-state index is 13.2. The van der Waals surface area contributed by atoms with Gasteiger partial charge in [0.25, 0.3) is 0 Å². The molecule has 76 valence electrons. The topological polar surface area (TPSA) is 66.9 Å². The fourth-order valence-corrected chi connectivity index (χ4v) is 1.24. The van der Waals surface area contributed by atoms with Crippen molar-refractivity contribution in [2.24, 2.45) is 12.2 Å². The van der Waals surface area contributed by atoms with E-state index >= 15 is 0 Å². The Kier molecular flexibility index (Phi) is 2.24. The summed E-state index contributed by atoms with van der Waals surface area (Å²) in [4.78, 5) is 3.72. The van der Waals surface area contributed by atoms with Crippen LogP contribution < -0.4 is 0 Å². The Morgan fingerprint density at radius 3 is 2.73 bits per heavy atom. The van der Waals surface area contributed by atoms with E-state index in [0.29, 0.717) is 5.56 Å². The standard InChI is InChI=1S/C9H8FN5/c1-15-5-7(4-13-15)6-2-8(10)9(14-11)12-3-6/h2-5,11H,1H3. The van der Waals surface area contributed by atoms with E-state index in [1.165, 1.54) is 12.3 Å². The molecule has 2 heterocycles. The number of rotatable bonds is 2. The van der Waals surface area contributed by atoms with Crippen LogP contribution in [-0.4, -0.2) is 14.8 Å². The first kappa shape index (κ1) is 9.45. The molecule has 0 aromatic carbocycles. The predicted molar refractivity (Wildman–Crippen MR) is 51.2 cm³/mol. The van der Waals surface area contributed by atoms with Crippen LogP contribution >= 0.6 is 0 Å². The quantitative estimate of drug-likeness (QED) is 0.764. The number of aromatic nitrogens is 3. The first-order valence-corrected chi connectivity index (χ1v) is 4.22. The van der Waals surface area contributed by atoms with Crippen molar-refractivity contribution in [3.63, 3.8) is 0 Å². The molecule has 0 aliphatic carbocycles. The van der Waals surface area contributed by atoms with Crippen molar-refractivity contribution in [3.05, 3.63) is 30.5 Å². The largest absolute Gasteiger partial charge is 0.275 e. The zero-order chi connectivity index (χ0) is 10.8. The van der Waals surface area contributed by atoms with Gasteiger partial charge in [-0.25, -0.2) is 14.9 Å². The van der Waals surface area contributed by atoms with Crippen molar-refractivity contribution >= 4 is 5.82 Å². The average Bonchev–Trinajstić information content (AvgIpc) is 2.65. The molecule has 0 saturated carbocycles. The van der Waals surface area contributed by atoms with Crippen LogP contribution in [0.15, 0.2) is 29.8 Å². The molecule has 1 N–H and O–H groups in total. The van der Waals surface area contributed by atoms with Crippen molar-refractivity contribution in [1.82, 2.24) is 14.8 Å². The van der Waals surface area contributed by atoms with E-state index in [1.54, 1.807) is 24.1 Å². The van der Waals surface area contributed by atoms with Gasteiger partial charge in [-0.2, -0.15) is 5.10 Å². The molecule has 0 atom stereocenters. The summed E-state index contributed by atoms with van der Waals surface area (Å²) < 4.78 is 14.9. The smallest absolute Gasteiger partial charge is 0.209 e. The van der Waals surface area contributed by atoms with Crippen molar-refractivity contribution < 1.29 is 4.39 Å². The Bertz CT molecular complexity index is 505. The fraction of sp³-hybridized carbons (Fsp3) is 0.111. The Morgan fingerprint density at radius 2 is 2.20 bits per heavy atom. The monoisotopic (exact) mass is 205 g/mol. The van der Waals surface area contributed by atoms with Crippen LogP contribution in [0.2, 0.25) is 0 Å². The summed E-state index contributed by atoms with van der Waals surface area (Å²) in [5.74, 6) is -0.811. The van der Waals surface area contributed by atoms with Crippen LogP contribution in [0, 0.1) is 11.3 Å². The highest BCUT2D eigenvalue weighted by molar-refractivity contribution is 5.61. The van der Waals surface area contributed by atoms with Gasteiger partial charge in [-0.3, -0.25) is 4.68 Å². The SMILES string of the molecule is Cn1cc(-c2cnc(N=N)c(F)c2)cn1. The van der Waals surface area contributed by atoms with Crippen molar-refractivity contribution in [2.75, 3.05) is 0 Å². The lowest BCUT2D eigenvalue weighted by Crippen LogP contribution is -1.85. The Balaban J connectivity index is 2.46. The molecule has 15 heavy (non-hydrogen) atoms. The minimum Gasteiger partial charge on any atom is -0.275 e. The van der Waals surface area contributed by atoms with Crippen molar-refractivity contribution in [1.29, 1.82) is 5.53 Å². The number of nitrogens with zero attached hydrogens (tertiary/aromatic N) is 4. The van der Waals surface area contributed by atoms with E-state index < -0.39 is 5.82 Å². The molecule has 0 saturated heterocycles. The normalized spacial score (nSPS) is 10.3. The zero-order valence-corrected chi connectivity index (χ0v) is 7.98. The van der Waals surface area contributed by atoms with Gasteiger partial charge in [-0.15, -0.1) is 5.11 Å². The maximum absolute atomic E-state index is 13.2. The minimum atomic E-state index is -0.605. The fourth-order valence-electron chi connectivity index (χ4n) is 1.24. The van der Waals surface area contributed by atoms with Gasteiger partial charge in [0.2, 0.25) is 5.82 Å². The van der Waals surface area contributed by atoms with Crippen LogP contribution in [0.1, 0.15) is 0 Å². The summed E-state index contributed by atoms with van der Waals surface area (Å²) in [5, 5.41) is 6.92. The molecule has 0 spiro atoms. The second-order valence-electron chi connectivity index (χ2n) is 3.04. The minimum absolute atomic E-state index is 0.206. The van der Waals surface area contributed by atoms with Crippen LogP contribution in [0.3, 0.4) is 0 Å². The molecule has 6 heteroatoms. The third kappa shape index (κ3) is 1.74. The summed E-state index contributed by atoms with van der Waals surface area (Å²) in [5.41, 5.74) is 8.07. The lowest BCUT2D eigenvalue weighted by Gasteiger charge is -1.98. The number of nitrogens with one attached hydrogen (secondary N) is 1. The molecular formula is C9H8FN5. The molecule has 0 fully saturated rings. The number of aryl methyl sites for hydroxylation is 1. The Morgan fingerprint density at radius 1 is 1.40 bits per heavy atom. The number of hydrogen-bond donors (Lipinski definition) is 1. The number of pyridine rings is 1. The molecule has 5 nitrogen and oxygen atoms in total. The molecule has 2 rings (SSSR count). The van der Waals surface area contributed by atoms with E-state index in [0.717, 1.165) is 5.56 Å². The molecule has 0 unspecified atom stereocenters. The van der Waals surface area contributed by atoms with E-state index in [1.807, 2.05) is 0 Å². The highest BCUT2D eigenvalue weighted by atomic mass is 19.1. The third-order valence-electron chi connectivity index (χ3n) is 1.97. The highest BCUT2D eigenvalue weighted by Crippen LogP contribution is 2.22. The second-order valence-corrected chi connectivity index (χ2v) is 3.04. The van der Waals surface area contributed by atoms with Crippen LogP contribution in [-0.2, 0) is 7.05 Å². The Labute approximate surface area is 85.1 Å². The van der Waals surface area contributed by atoms with Gasteiger partial charge in [0.1, 0.15) is 0 Å². The van der Waals surface area contributed by atoms with E-state index in [2.05, 4.69) is 15.2 Å². The molecule has 0 aliphatic heterocycles. The van der Waals surface area contributed by atoms with Crippen LogP contribution in [0.25, 0.3) is 11.1 Å². The van der Waals surface area contributed by atoms with Gasteiger partial charge in [-0.1, -0.05) is 0 Å². The van der Waals surface area contributed by atoms with Gasteiger partial charge in [0, 0.05) is 30.6 Å². The van der Waals surface area contributed by atoms with E-state index in [9.17, 15) is 4.39 Å². The van der Waals surface area contributed by atoms with Crippen molar-refractivity contribution in [2.45, 2.75) is 0 Å². The molecule has 2 aromatic heterocycles. The molecular weight excluding hydrogens is 197 g/mol. The Hall–Kier alpha value is -2.11. The summed E-state index contributed by atoms with van der Waals surface area (Å²) in [7, 11) is 1.78. The van der Waals surface area contributed by atoms with E-state index in [4.69, 9.17) is 5.53 Å². The summed E-state index contributed by atoms with van der Waals surface area (Å²) in [6, 6.07) is 1.29. The van der Waals surface area contributed by atoms with Gasteiger partial charge in [0.05, 0.1) is 6.20 Å². The second kappa shape index (κ2) is 3.56. The summed E-state index contributed by atoms with van der Waals surface area (Å²) in [6.07, 6.45) is 4.84. The number of hydrogen-bond acceptors (Lipinski definition) is 4.